The van der Waals surface area contributed by atoms with Crippen LogP contribution in [0.15, 0.2) is 60.8 Å². The van der Waals surface area contributed by atoms with Crippen LogP contribution in [0.2, 0.25) is 0 Å². The molecule has 2 aliphatic rings. The number of aliphatic hydroxyl groups is 7. The van der Waals surface area contributed by atoms with Crippen molar-refractivity contribution in [3.8, 4) is 0 Å². The van der Waals surface area contributed by atoms with Gasteiger partial charge in [0.15, 0.2) is 18.7 Å². The highest BCUT2D eigenvalue weighted by atomic mass is 16.7. The molecule has 0 aromatic heterocycles. The zero-order valence-electron chi connectivity index (χ0n) is 47.7. The summed E-state index contributed by atoms with van der Waals surface area (Å²) in [6, 6.07) is 0. The van der Waals surface area contributed by atoms with E-state index in [0.717, 1.165) is 70.6 Å². The van der Waals surface area contributed by atoms with Gasteiger partial charge >= 0.3 is 11.9 Å². The van der Waals surface area contributed by atoms with Gasteiger partial charge in [0.05, 0.1) is 19.8 Å². The van der Waals surface area contributed by atoms with Crippen molar-refractivity contribution in [3.05, 3.63) is 60.8 Å². The van der Waals surface area contributed by atoms with Gasteiger partial charge in [-0.1, -0.05) is 216 Å². The van der Waals surface area contributed by atoms with Crippen molar-refractivity contribution < 1.29 is 73.8 Å². The van der Waals surface area contributed by atoms with Gasteiger partial charge in [-0.25, -0.2) is 0 Å². The first-order valence-electron chi connectivity index (χ1n) is 30.4. The lowest BCUT2D eigenvalue weighted by atomic mass is 9.98. The molecule has 11 unspecified atom stereocenters. The van der Waals surface area contributed by atoms with Crippen molar-refractivity contribution >= 4 is 11.9 Å². The van der Waals surface area contributed by atoms with Gasteiger partial charge in [0, 0.05) is 12.8 Å². The van der Waals surface area contributed by atoms with E-state index >= 15 is 0 Å². The number of allylic oxidation sites excluding steroid dienone is 10. The van der Waals surface area contributed by atoms with Gasteiger partial charge in [0.25, 0.3) is 0 Å². The largest absolute Gasteiger partial charge is 0.462 e. The minimum Gasteiger partial charge on any atom is -0.462 e. The number of carbonyl (C=O) groups excluding carboxylic acids is 2. The van der Waals surface area contributed by atoms with Crippen molar-refractivity contribution in [3.63, 3.8) is 0 Å². The molecule has 11 atom stereocenters. The van der Waals surface area contributed by atoms with Crippen LogP contribution in [0.1, 0.15) is 226 Å². The summed E-state index contributed by atoms with van der Waals surface area (Å²) in [6.45, 7) is 2.48. The molecule has 0 aromatic carbocycles. The summed E-state index contributed by atoms with van der Waals surface area (Å²) in [5.74, 6) is -0.956. The molecule has 2 aliphatic heterocycles. The Kier molecular flexibility index (Phi) is 43.8. The van der Waals surface area contributed by atoms with Crippen molar-refractivity contribution in [1.82, 2.24) is 0 Å². The van der Waals surface area contributed by atoms with Gasteiger partial charge in [-0.3, -0.25) is 9.59 Å². The number of unbranched alkanes of at least 4 members (excludes halogenated alkanes) is 24. The van der Waals surface area contributed by atoms with Gasteiger partial charge in [-0.05, 0) is 57.8 Å². The Labute approximate surface area is 464 Å². The molecule has 0 bridgehead atoms. The second-order valence-electron chi connectivity index (χ2n) is 21.2. The van der Waals surface area contributed by atoms with Crippen LogP contribution in [0.4, 0.5) is 0 Å². The van der Waals surface area contributed by atoms with Crippen LogP contribution >= 0.6 is 0 Å². The summed E-state index contributed by atoms with van der Waals surface area (Å²) in [7, 11) is 0. The summed E-state index contributed by atoms with van der Waals surface area (Å²) in [5, 5.41) is 72.3. The van der Waals surface area contributed by atoms with E-state index in [0.29, 0.717) is 12.8 Å². The van der Waals surface area contributed by atoms with Crippen LogP contribution in [-0.4, -0.2) is 142 Å². The van der Waals surface area contributed by atoms with Crippen LogP contribution < -0.4 is 0 Å². The second-order valence-corrected chi connectivity index (χ2v) is 21.2. The molecule has 2 saturated heterocycles. The van der Waals surface area contributed by atoms with Gasteiger partial charge in [0.2, 0.25) is 0 Å². The minimum atomic E-state index is -1.77. The Balaban J connectivity index is 1.74. The third-order valence-corrected chi connectivity index (χ3v) is 14.3. The van der Waals surface area contributed by atoms with Gasteiger partial charge in [0.1, 0.15) is 55.4 Å². The van der Waals surface area contributed by atoms with Gasteiger partial charge in [-0.15, -0.1) is 0 Å². The Morgan fingerprint density at radius 3 is 1.29 bits per heavy atom. The molecule has 77 heavy (non-hydrogen) atoms. The summed E-state index contributed by atoms with van der Waals surface area (Å²) >= 11 is 0. The fourth-order valence-corrected chi connectivity index (χ4v) is 9.36. The lowest BCUT2D eigenvalue weighted by Crippen LogP contribution is -2.61. The zero-order valence-corrected chi connectivity index (χ0v) is 47.7. The summed E-state index contributed by atoms with van der Waals surface area (Å²) in [5.41, 5.74) is 0. The lowest BCUT2D eigenvalue weighted by Gasteiger charge is -2.42. The molecule has 0 spiro atoms. The zero-order chi connectivity index (χ0) is 56.0. The quantitative estimate of drug-likeness (QED) is 0.0171. The average Bonchev–Trinajstić information content (AvgIpc) is 3.43. The molecule has 2 rings (SSSR count). The molecule has 15 nitrogen and oxygen atoms in total. The monoisotopic (exact) mass is 1090 g/mol. The van der Waals surface area contributed by atoms with Crippen LogP contribution in [0, 0.1) is 0 Å². The number of carbonyl (C=O) groups is 2. The smallest absolute Gasteiger partial charge is 0.306 e. The van der Waals surface area contributed by atoms with Crippen LogP contribution in [0.25, 0.3) is 0 Å². The number of rotatable bonds is 48. The van der Waals surface area contributed by atoms with E-state index in [1.807, 2.05) is 0 Å². The topological polar surface area (TPSA) is 231 Å². The third kappa shape index (κ3) is 34.8. The molecule has 2 fully saturated rings. The van der Waals surface area contributed by atoms with Crippen LogP contribution in [0.5, 0.6) is 0 Å². The number of aliphatic hydroxyl groups excluding tert-OH is 7. The number of ether oxygens (including phenoxy) is 6. The molecule has 0 radical (unpaired) electrons. The molecular formula is C62H108O15. The Hall–Kier alpha value is -2.80. The second kappa shape index (κ2) is 48.0. The maximum absolute atomic E-state index is 13.1. The highest BCUT2D eigenvalue weighted by Crippen LogP contribution is 2.27. The SMILES string of the molecule is CC/C=C\C/C=C\C/C=C\C/C=C\C/C=C\CCCCCC(=O)OC(COC(=O)CCCCCCCCCCCCCCCCCCCCCCCC)COC1OC(COC2OC(CO)C(O)C(O)C2O)C(O)C(O)C1O. The van der Waals surface area contributed by atoms with Gasteiger partial charge in [-0.2, -0.15) is 0 Å². The molecule has 7 N–H and O–H groups in total. The molecule has 446 valence electrons. The number of hydrogen-bond acceptors (Lipinski definition) is 15. The molecule has 0 aliphatic carbocycles. The Bertz CT molecular complexity index is 1570. The fraction of sp³-hybridized carbons (Fsp3) is 0.806. The maximum atomic E-state index is 13.1. The first kappa shape index (κ1) is 70.3. The maximum Gasteiger partial charge on any atom is 0.306 e. The summed E-state index contributed by atoms with van der Waals surface area (Å²) < 4.78 is 33.7. The highest BCUT2D eigenvalue weighted by Gasteiger charge is 2.47. The minimum absolute atomic E-state index is 0.125. The molecule has 0 amide bonds. The first-order chi connectivity index (χ1) is 37.5. The van der Waals surface area contributed by atoms with E-state index in [9.17, 15) is 45.3 Å². The van der Waals surface area contributed by atoms with Crippen molar-refractivity contribution in [2.45, 2.75) is 293 Å². The first-order valence-corrected chi connectivity index (χ1v) is 30.4. The predicted octanol–water partition coefficient (Wildman–Crippen LogP) is 10.8. The summed E-state index contributed by atoms with van der Waals surface area (Å²) in [4.78, 5) is 25.9. The Morgan fingerprint density at radius 2 is 0.818 bits per heavy atom. The number of hydrogen-bond donors (Lipinski definition) is 7. The van der Waals surface area contributed by atoms with E-state index in [4.69, 9.17) is 28.4 Å². The van der Waals surface area contributed by atoms with Crippen molar-refractivity contribution in [2.75, 3.05) is 26.4 Å². The number of esters is 2. The van der Waals surface area contributed by atoms with Gasteiger partial charge < -0.3 is 64.2 Å². The van der Waals surface area contributed by atoms with E-state index in [-0.39, 0.29) is 19.4 Å². The lowest BCUT2D eigenvalue weighted by molar-refractivity contribution is -0.332. The normalized spacial score (nSPS) is 24.6. The van der Waals surface area contributed by atoms with Crippen LogP contribution in [0.3, 0.4) is 0 Å². The van der Waals surface area contributed by atoms with E-state index < -0.39 is 99.3 Å². The van der Waals surface area contributed by atoms with Crippen molar-refractivity contribution in [2.24, 2.45) is 0 Å². The Morgan fingerprint density at radius 1 is 0.429 bits per heavy atom. The van der Waals surface area contributed by atoms with Crippen molar-refractivity contribution in [1.29, 1.82) is 0 Å². The summed E-state index contributed by atoms with van der Waals surface area (Å²) in [6.07, 6.45) is 41.0. The third-order valence-electron chi connectivity index (χ3n) is 14.3. The standard InChI is InChI=1S/C62H108O15/c1-3-5-7-9-11-13-15-17-19-21-23-24-25-27-28-30-32-34-36-38-40-42-44-53(64)72-47-50(75-54(65)45-43-41-39-37-35-33-31-29-26-22-20-18-16-14-12-10-8-6-4-2)48-73-61-60(71)58(69)56(67)52(77-61)49-74-62-59(70)57(68)55(66)51(46-63)76-62/h6,8,12,14,18,20,26,29,33,35,50-52,55-63,66-71H,3-5,7,9-11,13,15-17,19,21-25,27-28,30-32,34,36-49H2,1-2H3/b8-6-,14-12-,20-18-,29-26-,35-33-. The average molecular weight is 1090 g/mol. The fourth-order valence-electron chi connectivity index (χ4n) is 9.36. The molecule has 2 heterocycles. The predicted molar refractivity (Wildman–Crippen MR) is 303 cm³/mol. The molecular weight excluding hydrogens is 985 g/mol. The van der Waals surface area contributed by atoms with E-state index in [1.54, 1.807) is 0 Å². The van der Waals surface area contributed by atoms with E-state index in [2.05, 4.69) is 74.6 Å². The van der Waals surface area contributed by atoms with Crippen LogP contribution in [-0.2, 0) is 38.0 Å². The molecule has 15 heteroatoms. The molecule has 0 aromatic rings. The highest BCUT2D eigenvalue weighted by molar-refractivity contribution is 5.70. The van der Waals surface area contributed by atoms with E-state index in [1.165, 1.54) is 116 Å². The molecule has 0 saturated carbocycles.